The van der Waals surface area contributed by atoms with E-state index in [2.05, 4.69) is 9.72 Å². The molecule has 0 amide bonds. The van der Waals surface area contributed by atoms with Crippen molar-refractivity contribution in [1.82, 2.24) is 4.98 Å². The van der Waals surface area contributed by atoms with Crippen LogP contribution in [0.5, 0.6) is 0 Å². The summed E-state index contributed by atoms with van der Waals surface area (Å²) in [6, 6.07) is 5.30. The highest BCUT2D eigenvalue weighted by Crippen LogP contribution is 2.35. The fourth-order valence-electron chi connectivity index (χ4n) is 1.90. The number of methoxy groups -OCH3 is 1. The van der Waals surface area contributed by atoms with Gasteiger partial charge in [-0.2, -0.15) is 13.2 Å². The van der Waals surface area contributed by atoms with Gasteiger partial charge in [-0.1, -0.05) is 40.9 Å². The summed E-state index contributed by atoms with van der Waals surface area (Å²) in [5, 5.41) is -0.118. The average molecular weight is 411 g/mol. The van der Waals surface area contributed by atoms with E-state index in [4.69, 9.17) is 34.8 Å². The Kier molecular flexibility index (Phi) is 5.98. The van der Waals surface area contributed by atoms with Crippen molar-refractivity contribution in [2.24, 2.45) is 0 Å². The molecule has 0 spiro atoms. The molecule has 0 radical (unpaired) electrons. The van der Waals surface area contributed by atoms with Crippen LogP contribution >= 0.6 is 34.8 Å². The molecule has 25 heavy (non-hydrogen) atoms. The Bertz CT molecular complexity index is 851. The average Bonchev–Trinajstić information content (AvgIpc) is 2.55. The van der Waals surface area contributed by atoms with Gasteiger partial charge in [0.1, 0.15) is 5.03 Å². The lowest BCUT2D eigenvalue weighted by Gasteiger charge is -2.10. The largest absolute Gasteiger partial charge is 0.465 e. The zero-order chi connectivity index (χ0) is 18.8. The predicted molar refractivity (Wildman–Crippen MR) is 90.5 cm³/mol. The number of hydrogen-bond acceptors (Lipinski definition) is 3. The molecule has 0 unspecified atom stereocenters. The standard InChI is InChI=1S/C16H9Cl3F3NO2/c1-25-15(24)13(19)5-9-4-8(2-3-11(9)17)14-12(18)6-10(7-23-14)16(20,21)22/h2-7H,1H3. The van der Waals surface area contributed by atoms with Crippen molar-refractivity contribution >= 4 is 46.8 Å². The SMILES string of the molecule is COC(=O)C(Cl)=Cc1cc(-c2ncc(C(F)(F)F)cc2Cl)ccc1Cl. The van der Waals surface area contributed by atoms with E-state index in [0.717, 1.165) is 6.07 Å². The molecule has 0 N–H and O–H groups in total. The molecule has 0 fully saturated rings. The maximum absolute atomic E-state index is 12.7. The minimum Gasteiger partial charge on any atom is -0.465 e. The van der Waals surface area contributed by atoms with Gasteiger partial charge >= 0.3 is 12.1 Å². The summed E-state index contributed by atoms with van der Waals surface area (Å²) in [7, 11) is 1.17. The number of esters is 1. The van der Waals surface area contributed by atoms with Crippen LogP contribution in [0.1, 0.15) is 11.1 Å². The first-order valence-electron chi connectivity index (χ1n) is 6.61. The van der Waals surface area contributed by atoms with Crippen LogP contribution in [0.25, 0.3) is 17.3 Å². The first-order valence-corrected chi connectivity index (χ1v) is 7.75. The molecule has 0 bridgehead atoms. The fraction of sp³-hybridized carbons (Fsp3) is 0.125. The van der Waals surface area contributed by atoms with Gasteiger partial charge in [0.05, 0.1) is 23.4 Å². The third kappa shape index (κ3) is 4.66. The molecule has 0 aliphatic heterocycles. The van der Waals surface area contributed by atoms with E-state index in [1.165, 1.54) is 31.4 Å². The number of pyridine rings is 1. The zero-order valence-corrected chi connectivity index (χ0v) is 14.8. The number of aromatic nitrogens is 1. The predicted octanol–water partition coefficient (Wildman–Crippen LogP) is 5.83. The van der Waals surface area contributed by atoms with E-state index in [-0.39, 0.29) is 20.8 Å². The summed E-state index contributed by atoms with van der Waals surface area (Å²) in [5.41, 5.74) is -0.0599. The van der Waals surface area contributed by atoms with Crippen LogP contribution in [0.2, 0.25) is 10.0 Å². The zero-order valence-electron chi connectivity index (χ0n) is 12.5. The van der Waals surface area contributed by atoms with Crippen LogP contribution in [0.15, 0.2) is 35.5 Å². The van der Waals surface area contributed by atoms with Gasteiger partial charge in [0.15, 0.2) is 0 Å². The van der Waals surface area contributed by atoms with Gasteiger partial charge in [0.25, 0.3) is 0 Å². The van der Waals surface area contributed by atoms with E-state index in [9.17, 15) is 18.0 Å². The van der Waals surface area contributed by atoms with Gasteiger partial charge < -0.3 is 4.74 Å². The van der Waals surface area contributed by atoms with Gasteiger partial charge in [-0.3, -0.25) is 4.98 Å². The lowest BCUT2D eigenvalue weighted by molar-refractivity contribution is -0.138. The smallest absolute Gasteiger partial charge is 0.417 e. The Morgan fingerprint density at radius 2 is 1.88 bits per heavy atom. The van der Waals surface area contributed by atoms with Gasteiger partial charge in [-0.05, 0) is 29.8 Å². The highest BCUT2D eigenvalue weighted by Gasteiger charge is 2.31. The fourth-order valence-corrected chi connectivity index (χ4v) is 2.54. The summed E-state index contributed by atoms with van der Waals surface area (Å²) >= 11 is 17.8. The Morgan fingerprint density at radius 3 is 2.44 bits per heavy atom. The minimum absolute atomic E-state index is 0.134. The second kappa shape index (κ2) is 7.64. The van der Waals surface area contributed by atoms with Crippen molar-refractivity contribution in [3.8, 4) is 11.3 Å². The summed E-state index contributed by atoms with van der Waals surface area (Å²) < 4.78 is 42.5. The monoisotopic (exact) mass is 409 g/mol. The molecule has 0 aliphatic rings. The Labute approximate surface area is 156 Å². The molecule has 0 saturated carbocycles. The van der Waals surface area contributed by atoms with E-state index >= 15 is 0 Å². The number of alkyl halides is 3. The van der Waals surface area contributed by atoms with Crippen molar-refractivity contribution in [3.63, 3.8) is 0 Å². The molecular formula is C16H9Cl3F3NO2. The molecule has 0 aliphatic carbocycles. The third-order valence-electron chi connectivity index (χ3n) is 3.10. The van der Waals surface area contributed by atoms with E-state index < -0.39 is 17.7 Å². The molecule has 9 heteroatoms. The van der Waals surface area contributed by atoms with Crippen LogP contribution in [-0.4, -0.2) is 18.1 Å². The van der Waals surface area contributed by atoms with E-state index in [0.29, 0.717) is 17.3 Å². The number of carbonyl (C=O) groups excluding carboxylic acids is 1. The maximum Gasteiger partial charge on any atom is 0.417 e. The van der Waals surface area contributed by atoms with Crippen LogP contribution in [0, 0.1) is 0 Å². The molecule has 0 saturated heterocycles. The maximum atomic E-state index is 12.7. The summed E-state index contributed by atoms with van der Waals surface area (Å²) in [4.78, 5) is 15.1. The second-order valence-corrected chi connectivity index (χ2v) is 5.99. The minimum atomic E-state index is -4.54. The Morgan fingerprint density at radius 1 is 1.20 bits per heavy atom. The van der Waals surface area contributed by atoms with Gasteiger partial charge in [-0.15, -0.1) is 0 Å². The summed E-state index contributed by atoms with van der Waals surface area (Å²) in [6.45, 7) is 0. The van der Waals surface area contributed by atoms with Gasteiger partial charge in [0, 0.05) is 16.8 Å². The molecule has 1 heterocycles. The molecular weight excluding hydrogens is 402 g/mol. The number of nitrogens with zero attached hydrogens (tertiary/aromatic N) is 1. The number of benzene rings is 1. The lowest BCUT2D eigenvalue weighted by atomic mass is 10.1. The first-order chi connectivity index (χ1) is 11.6. The molecule has 2 aromatic rings. The number of halogens is 6. The molecule has 2 rings (SSSR count). The van der Waals surface area contributed by atoms with Crippen molar-refractivity contribution in [2.45, 2.75) is 6.18 Å². The third-order valence-corrected chi connectivity index (χ3v) is 4.00. The quantitative estimate of drug-likeness (QED) is 0.472. The van der Waals surface area contributed by atoms with Crippen LogP contribution in [-0.2, 0) is 15.7 Å². The first kappa shape index (κ1) is 19.6. The highest BCUT2D eigenvalue weighted by molar-refractivity contribution is 6.43. The van der Waals surface area contributed by atoms with E-state index in [1.807, 2.05) is 0 Å². The Hall–Kier alpha value is -1.76. The Balaban J connectivity index is 2.48. The highest BCUT2D eigenvalue weighted by atomic mass is 35.5. The lowest BCUT2D eigenvalue weighted by Crippen LogP contribution is -2.05. The second-order valence-electron chi connectivity index (χ2n) is 4.77. The number of ether oxygens (including phenoxy) is 1. The summed E-state index contributed by atoms with van der Waals surface area (Å²) in [6.07, 6.45) is -2.58. The summed E-state index contributed by atoms with van der Waals surface area (Å²) in [5.74, 6) is -0.756. The van der Waals surface area contributed by atoms with Crippen molar-refractivity contribution in [3.05, 3.63) is 56.7 Å². The van der Waals surface area contributed by atoms with Gasteiger partial charge in [-0.25, -0.2) is 4.79 Å². The normalized spacial score (nSPS) is 12.2. The molecule has 3 nitrogen and oxygen atoms in total. The molecule has 1 aromatic heterocycles. The molecule has 1 aromatic carbocycles. The van der Waals surface area contributed by atoms with Crippen LogP contribution in [0.4, 0.5) is 13.2 Å². The van der Waals surface area contributed by atoms with Crippen LogP contribution in [0.3, 0.4) is 0 Å². The van der Waals surface area contributed by atoms with E-state index in [1.54, 1.807) is 0 Å². The number of hydrogen-bond donors (Lipinski definition) is 0. The number of rotatable bonds is 3. The van der Waals surface area contributed by atoms with Gasteiger partial charge in [0.2, 0.25) is 0 Å². The number of carbonyl (C=O) groups is 1. The topological polar surface area (TPSA) is 39.2 Å². The molecule has 132 valence electrons. The van der Waals surface area contributed by atoms with Crippen molar-refractivity contribution in [2.75, 3.05) is 7.11 Å². The van der Waals surface area contributed by atoms with Crippen molar-refractivity contribution < 1.29 is 22.7 Å². The molecule has 0 atom stereocenters. The van der Waals surface area contributed by atoms with Crippen LogP contribution < -0.4 is 0 Å². The van der Waals surface area contributed by atoms with Crippen molar-refractivity contribution in [1.29, 1.82) is 0 Å².